The number of fused-ring (bicyclic) bond motifs is 1. The highest BCUT2D eigenvalue weighted by molar-refractivity contribution is 8.76. The Hall–Kier alpha value is -0.700. The number of ether oxygens (including phenoxy) is 3. The summed E-state index contributed by atoms with van der Waals surface area (Å²) in [5.74, 6) is 2.14. The van der Waals surface area contributed by atoms with Crippen molar-refractivity contribution in [1.82, 2.24) is 0 Å². The maximum atomic E-state index is 12.7. The standard InChI is InChI=1S/C17H25NO4S3/c1-10(19)17(22-6)12-11(8-9-24-17)13(18(2)3)14(20-4)15(21-5)16(12)25-23-7/h8-9H2,1-7H3. The molecule has 1 heterocycles. The molecule has 0 spiro atoms. The Balaban J connectivity index is 3.00. The van der Waals surface area contributed by atoms with Gasteiger partial charge in [-0.25, -0.2) is 0 Å². The Bertz CT molecular complexity index is 666. The van der Waals surface area contributed by atoms with Gasteiger partial charge in [-0.3, -0.25) is 4.79 Å². The lowest BCUT2D eigenvalue weighted by Crippen LogP contribution is -2.38. The van der Waals surface area contributed by atoms with Crippen molar-refractivity contribution in [1.29, 1.82) is 0 Å². The first-order valence-electron chi connectivity index (χ1n) is 7.78. The molecule has 8 heteroatoms. The van der Waals surface area contributed by atoms with Crippen molar-refractivity contribution in [3.63, 3.8) is 0 Å². The number of Topliss-reactive ketones (excluding diaryl/α,β-unsaturated/α-hetero) is 1. The van der Waals surface area contributed by atoms with Gasteiger partial charge in [0.05, 0.1) is 24.8 Å². The molecule has 140 valence electrons. The second-order valence-electron chi connectivity index (χ2n) is 5.72. The zero-order valence-corrected chi connectivity index (χ0v) is 18.2. The fourth-order valence-corrected chi connectivity index (χ4v) is 6.36. The van der Waals surface area contributed by atoms with Crippen molar-refractivity contribution >= 4 is 44.8 Å². The van der Waals surface area contributed by atoms with Crippen LogP contribution in [0.5, 0.6) is 11.5 Å². The van der Waals surface area contributed by atoms with Gasteiger partial charge in [0.15, 0.2) is 22.2 Å². The molecule has 0 saturated carbocycles. The topological polar surface area (TPSA) is 48.0 Å². The first kappa shape index (κ1) is 20.6. The molecule has 1 unspecified atom stereocenters. The molecular formula is C17H25NO4S3. The number of ketones is 1. The van der Waals surface area contributed by atoms with E-state index in [1.165, 1.54) is 0 Å². The molecule has 2 rings (SSSR count). The van der Waals surface area contributed by atoms with Gasteiger partial charge >= 0.3 is 0 Å². The normalized spacial score (nSPS) is 19.3. The van der Waals surface area contributed by atoms with E-state index in [0.29, 0.717) is 11.5 Å². The molecule has 0 fully saturated rings. The van der Waals surface area contributed by atoms with E-state index in [1.54, 1.807) is 61.6 Å². The van der Waals surface area contributed by atoms with Gasteiger partial charge in [0.2, 0.25) is 0 Å². The van der Waals surface area contributed by atoms with E-state index >= 15 is 0 Å². The number of anilines is 1. The second-order valence-corrected chi connectivity index (χ2v) is 9.40. The first-order chi connectivity index (χ1) is 11.9. The van der Waals surface area contributed by atoms with Crippen LogP contribution in [0.2, 0.25) is 0 Å². The lowest BCUT2D eigenvalue weighted by Gasteiger charge is -2.39. The van der Waals surface area contributed by atoms with Crippen LogP contribution < -0.4 is 14.4 Å². The zero-order valence-electron chi connectivity index (χ0n) is 15.7. The monoisotopic (exact) mass is 403 g/mol. The van der Waals surface area contributed by atoms with Crippen LogP contribution in [0, 0.1) is 0 Å². The van der Waals surface area contributed by atoms with Crippen LogP contribution in [0.3, 0.4) is 0 Å². The third-order valence-electron chi connectivity index (χ3n) is 4.20. The summed E-state index contributed by atoms with van der Waals surface area (Å²) in [6.07, 6.45) is 2.84. The van der Waals surface area contributed by atoms with Crippen LogP contribution >= 0.6 is 33.3 Å². The minimum absolute atomic E-state index is 0.0131. The lowest BCUT2D eigenvalue weighted by atomic mass is 9.93. The summed E-state index contributed by atoms with van der Waals surface area (Å²) in [5, 5.41) is 0. The van der Waals surface area contributed by atoms with E-state index in [0.717, 1.165) is 33.9 Å². The molecule has 0 bridgehead atoms. The maximum Gasteiger partial charge on any atom is 0.198 e. The van der Waals surface area contributed by atoms with Crippen LogP contribution in [0.1, 0.15) is 18.1 Å². The van der Waals surface area contributed by atoms with Crippen LogP contribution in [0.15, 0.2) is 4.90 Å². The number of thioether (sulfide) groups is 1. The molecule has 0 saturated heterocycles. The van der Waals surface area contributed by atoms with Crippen molar-refractivity contribution in [2.24, 2.45) is 0 Å². The summed E-state index contributed by atoms with van der Waals surface area (Å²) >= 11 is 1.55. The predicted octanol–water partition coefficient (Wildman–Crippen LogP) is 3.82. The van der Waals surface area contributed by atoms with Gasteiger partial charge < -0.3 is 19.1 Å². The van der Waals surface area contributed by atoms with Crippen LogP contribution in [-0.2, 0) is 20.9 Å². The van der Waals surface area contributed by atoms with Crippen molar-refractivity contribution in [3.8, 4) is 11.5 Å². The molecule has 25 heavy (non-hydrogen) atoms. The van der Waals surface area contributed by atoms with Gasteiger partial charge in [-0.2, -0.15) is 0 Å². The average molecular weight is 404 g/mol. The fourth-order valence-electron chi connectivity index (χ4n) is 3.27. The van der Waals surface area contributed by atoms with Gasteiger partial charge in [0.25, 0.3) is 0 Å². The van der Waals surface area contributed by atoms with Gasteiger partial charge in [0.1, 0.15) is 0 Å². The van der Waals surface area contributed by atoms with E-state index in [9.17, 15) is 4.79 Å². The number of benzene rings is 1. The van der Waals surface area contributed by atoms with Gasteiger partial charge in [0, 0.05) is 32.5 Å². The smallest absolute Gasteiger partial charge is 0.198 e. The minimum atomic E-state index is -1.02. The first-order valence-corrected chi connectivity index (χ1v) is 11.3. The molecule has 5 nitrogen and oxygen atoms in total. The number of carbonyl (C=O) groups excluding carboxylic acids is 1. The third kappa shape index (κ3) is 3.34. The van der Waals surface area contributed by atoms with Crippen molar-refractivity contribution < 1.29 is 19.0 Å². The van der Waals surface area contributed by atoms with Gasteiger partial charge in [-0.1, -0.05) is 21.6 Å². The predicted molar refractivity (Wildman–Crippen MR) is 109 cm³/mol. The second kappa shape index (κ2) is 8.33. The number of hydrogen-bond donors (Lipinski definition) is 0. The molecule has 1 aliphatic rings. The molecule has 0 N–H and O–H groups in total. The van der Waals surface area contributed by atoms with Crippen LogP contribution in [-0.4, -0.2) is 53.2 Å². The number of methoxy groups -OCH3 is 3. The Morgan fingerprint density at radius 2 is 1.84 bits per heavy atom. The van der Waals surface area contributed by atoms with Crippen LogP contribution in [0.4, 0.5) is 5.69 Å². The number of hydrogen-bond acceptors (Lipinski definition) is 8. The van der Waals surface area contributed by atoms with E-state index in [1.807, 2.05) is 25.3 Å². The van der Waals surface area contributed by atoms with Crippen molar-refractivity contribution in [3.05, 3.63) is 11.1 Å². The average Bonchev–Trinajstić information content (AvgIpc) is 2.59. The van der Waals surface area contributed by atoms with E-state index < -0.39 is 4.93 Å². The highest BCUT2D eigenvalue weighted by atomic mass is 33.1. The van der Waals surface area contributed by atoms with Gasteiger partial charge in [-0.15, -0.1) is 11.8 Å². The third-order valence-corrected chi connectivity index (χ3v) is 7.40. The molecule has 0 amide bonds. The Morgan fingerprint density at radius 3 is 2.28 bits per heavy atom. The molecule has 0 radical (unpaired) electrons. The Kier molecular flexibility index (Phi) is 6.87. The Morgan fingerprint density at radius 1 is 1.20 bits per heavy atom. The molecule has 0 aromatic heterocycles. The number of carbonyl (C=O) groups is 1. The van der Waals surface area contributed by atoms with E-state index in [2.05, 4.69) is 0 Å². The lowest BCUT2D eigenvalue weighted by molar-refractivity contribution is -0.130. The van der Waals surface area contributed by atoms with E-state index in [4.69, 9.17) is 14.2 Å². The van der Waals surface area contributed by atoms with Crippen molar-refractivity contribution in [2.75, 3.05) is 52.3 Å². The summed E-state index contributed by atoms with van der Waals surface area (Å²) in [6.45, 7) is 1.59. The zero-order chi connectivity index (χ0) is 18.8. The van der Waals surface area contributed by atoms with Gasteiger partial charge in [-0.05, 0) is 25.2 Å². The summed E-state index contributed by atoms with van der Waals surface area (Å²) in [4.78, 5) is 14.6. The minimum Gasteiger partial charge on any atom is -0.492 e. The summed E-state index contributed by atoms with van der Waals surface area (Å²) in [6, 6.07) is 0. The SMILES string of the molecule is COc1c(OC)c(N(C)C)c2c(c1SSC)C(OC)(C(C)=O)SCC2. The van der Waals surface area contributed by atoms with Crippen LogP contribution in [0.25, 0.3) is 0 Å². The largest absolute Gasteiger partial charge is 0.492 e. The summed E-state index contributed by atoms with van der Waals surface area (Å²) < 4.78 is 17.3. The van der Waals surface area contributed by atoms with Crippen molar-refractivity contribution in [2.45, 2.75) is 23.2 Å². The molecular weight excluding hydrogens is 378 g/mol. The van der Waals surface area contributed by atoms with E-state index in [-0.39, 0.29) is 5.78 Å². The quantitative estimate of drug-likeness (QED) is 0.637. The molecule has 0 aliphatic carbocycles. The molecule has 1 aromatic carbocycles. The maximum absolute atomic E-state index is 12.7. The summed E-state index contributed by atoms with van der Waals surface area (Å²) in [7, 11) is 12.0. The highest BCUT2D eigenvalue weighted by Crippen LogP contribution is 2.58. The number of nitrogens with zero attached hydrogens (tertiary/aromatic N) is 1. The molecule has 1 atom stereocenters. The summed E-state index contributed by atoms with van der Waals surface area (Å²) in [5.41, 5.74) is 2.94. The molecule has 1 aliphatic heterocycles. The highest BCUT2D eigenvalue weighted by Gasteiger charge is 2.47. The number of rotatable bonds is 7. The Labute approximate surface area is 161 Å². The fraction of sp³-hybridized carbons (Fsp3) is 0.588. The molecule has 1 aromatic rings.